The van der Waals surface area contributed by atoms with E-state index in [1.165, 1.54) is 5.56 Å². The number of piperidine rings is 1. The molecule has 0 radical (unpaired) electrons. The van der Waals surface area contributed by atoms with E-state index in [2.05, 4.69) is 15.1 Å². The molecule has 2 aromatic heterocycles. The zero-order valence-corrected chi connectivity index (χ0v) is 12.7. The monoisotopic (exact) mass is 289 g/mol. The smallest absolute Gasteiger partial charge is 0.152 e. The molecule has 1 saturated heterocycles. The highest BCUT2D eigenvalue weighted by molar-refractivity contribution is 5.56. The number of likely N-dealkylation sites (tertiary alicyclic amines) is 1. The number of aryl methyl sites for hydroxylation is 1. The lowest BCUT2D eigenvalue weighted by molar-refractivity contribution is 0.0696. The predicted octanol–water partition coefficient (Wildman–Crippen LogP) is 2.57. The Morgan fingerprint density at radius 1 is 1.43 bits per heavy atom. The van der Waals surface area contributed by atoms with Crippen molar-refractivity contribution in [1.82, 2.24) is 15.1 Å². The summed E-state index contributed by atoms with van der Waals surface area (Å²) in [6.45, 7) is 6.76. The Hall–Kier alpha value is -1.59. The summed E-state index contributed by atoms with van der Waals surface area (Å²) in [5.41, 5.74) is 2.14. The third kappa shape index (κ3) is 3.19. The number of aliphatic hydroxyl groups excluding tert-OH is 1. The molecule has 0 spiro atoms. The lowest BCUT2D eigenvalue weighted by atomic mass is 9.92. The molecule has 0 aliphatic carbocycles. The number of nitrogens with one attached hydrogen (secondary N) is 1. The van der Waals surface area contributed by atoms with Gasteiger partial charge in [-0.1, -0.05) is 0 Å². The second-order valence-corrected chi connectivity index (χ2v) is 6.03. The Labute approximate surface area is 125 Å². The molecule has 3 heterocycles. The fraction of sp³-hybridized carbons (Fsp3) is 0.562. The van der Waals surface area contributed by atoms with Gasteiger partial charge in [0.05, 0.1) is 12.3 Å². The average molecular weight is 289 g/mol. The number of furan rings is 1. The molecule has 21 heavy (non-hydrogen) atoms. The summed E-state index contributed by atoms with van der Waals surface area (Å²) in [6, 6.07) is 3.94. The molecule has 0 bridgehead atoms. The minimum atomic E-state index is -0.192. The summed E-state index contributed by atoms with van der Waals surface area (Å²) < 4.78 is 5.68. The first-order valence-corrected chi connectivity index (χ1v) is 7.63. The third-order valence-corrected chi connectivity index (χ3v) is 4.41. The largest absolute Gasteiger partial charge is 0.460 e. The molecule has 0 saturated carbocycles. The molecule has 2 N–H and O–H groups in total. The van der Waals surface area contributed by atoms with Crippen molar-refractivity contribution in [1.29, 1.82) is 0 Å². The van der Waals surface area contributed by atoms with Crippen LogP contribution in [0.1, 0.15) is 31.1 Å². The maximum atomic E-state index is 9.67. The molecule has 2 aromatic rings. The van der Waals surface area contributed by atoms with Crippen LogP contribution < -0.4 is 0 Å². The van der Waals surface area contributed by atoms with E-state index in [1.54, 1.807) is 0 Å². The quantitative estimate of drug-likeness (QED) is 0.908. The van der Waals surface area contributed by atoms with Crippen LogP contribution in [0.25, 0.3) is 11.5 Å². The molecular formula is C16H23N3O2. The van der Waals surface area contributed by atoms with E-state index in [0.717, 1.165) is 49.7 Å². The van der Waals surface area contributed by atoms with Gasteiger partial charge in [0.15, 0.2) is 5.76 Å². The maximum Gasteiger partial charge on any atom is 0.152 e. The van der Waals surface area contributed by atoms with Crippen LogP contribution in [0.3, 0.4) is 0 Å². The van der Waals surface area contributed by atoms with Crippen LogP contribution in [-0.4, -0.2) is 39.4 Å². The zero-order valence-electron chi connectivity index (χ0n) is 12.7. The summed E-state index contributed by atoms with van der Waals surface area (Å²) in [6.07, 6.45) is 3.81. The highest BCUT2D eigenvalue weighted by Gasteiger charge is 2.23. The lowest BCUT2D eigenvalue weighted by Crippen LogP contribution is -2.36. The minimum absolute atomic E-state index is 0.192. The van der Waals surface area contributed by atoms with Gasteiger partial charge < -0.3 is 9.52 Å². The van der Waals surface area contributed by atoms with Gasteiger partial charge in [0.25, 0.3) is 0 Å². The Morgan fingerprint density at radius 2 is 2.19 bits per heavy atom. The van der Waals surface area contributed by atoms with E-state index in [-0.39, 0.29) is 6.10 Å². The second kappa shape index (κ2) is 6.03. The van der Waals surface area contributed by atoms with Crippen molar-refractivity contribution in [2.45, 2.75) is 39.3 Å². The molecule has 0 aromatic carbocycles. The molecule has 5 heteroatoms. The fourth-order valence-electron chi connectivity index (χ4n) is 3.05. The Bertz CT molecular complexity index is 580. The minimum Gasteiger partial charge on any atom is -0.460 e. The normalized spacial score (nSPS) is 19.0. The van der Waals surface area contributed by atoms with E-state index in [1.807, 2.05) is 32.2 Å². The first kappa shape index (κ1) is 14.4. The Kier molecular flexibility index (Phi) is 4.12. The summed E-state index contributed by atoms with van der Waals surface area (Å²) in [7, 11) is 0. The van der Waals surface area contributed by atoms with Gasteiger partial charge in [0.1, 0.15) is 11.5 Å². The third-order valence-electron chi connectivity index (χ3n) is 4.41. The van der Waals surface area contributed by atoms with Crippen molar-refractivity contribution in [3.8, 4) is 11.5 Å². The number of rotatable bonds is 4. The van der Waals surface area contributed by atoms with E-state index in [4.69, 9.17) is 4.42 Å². The van der Waals surface area contributed by atoms with Crippen LogP contribution in [0, 0.1) is 12.8 Å². The van der Waals surface area contributed by atoms with Crippen molar-refractivity contribution < 1.29 is 9.52 Å². The van der Waals surface area contributed by atoms with E-state index in [0.29, 0.717) is 5.92 Å². The highest BCUT2D eigenvalue weighted by Crippen LogP contribution is 2.26. The predicted molar refractivity (Wildman–Crippen MR) is 80.7 cm³/mol. The first-order valence-electron chi connectivity index (χ1n) is 7.63. The summed E-state index contributed by atoms with van der Waals surface area (Å²) >= 11 is 0. The van der Waals surface area contributed by atoms with E-state index in [9.17, 15) is 5.11 Å². The topological polar surface area (TPSA) is 65.3 Å². The van der Waals surface area contributed by atoms with Gasteiger partial charge >= 0.3 is 0 Å². The van der Waals surface area contributed by atoms with Gasteiger partial charge in [-0.3, -0.25) is 10.00 Å². The van der Waals surface area contributed by atoms with Crippen LogP contribution in [0.4, 0.5) is 0 Å². The maximum absolute atomic E-state index is 9.67. The van der Waals surface area contributed by atoms with Crippen molar-refractivity contribution in [2.75, 3.05) is 13.1 Å². The summed E-state index contributed by atoms with van der Waals surface area (Å²) in [4.78, 5) is 2.42. The molecule has 1 aliphatic heterocycles. The molecule has 1 atom stereocenters. The summed E-state index contributed by atoms with van der Waals surface area (Å²) in [5, 5.41) is 16.9. The van der Waals surface area contributed by atoms with Gasteiger partial charge in [0, 0.05) is 12.1 Å². The summed E-state index contributed by atoms with van der Waals surface area (Å²) in [5.74, 6) is 2.19. The molecule has 3 rings (SSSR count). The molecule has 1 fully saturated rings. The van der Waals surface area contributed by atoms with Crippen molar-refractivity contribution in [3.63, 3.8) is 0 Å². The molecule has 114 valence electrons. The molecular weight excluding hydrogens is 266 g/mol. The standard InChI is InChI=1S/C16H23N3O2/c1-11-3-4-15(21-11)16-14(9-17-18-16)10-19-7-5-13(6-8-19)12(2)20/h3-4,9,12-13,20H,5-8,10H2,1-2H3,(H,17,18). The zero-order chi connectivity index (χ0) is 14.8. The van der Waals surface area contributed by atoms with Crippen molar-refractivity contribution in [3.05, 3.63) is 29.7 Å². The van der Waals surface area contributed by atoms with Crippen molar-refractivity contribution >= 4 is 0 Å². The average Bonchev–Trinajstić information content (AvgIpc) is 3.08. The first-order chi connectivity index (χ1) is 10.1. The van der Waals surface area contributed by atoms with Gasteiger partial charge in [-0.05, 0) is 57.8 Å². The van der Waals surface area contributed by atoms with Crippen LogP contribution >= 0.6 is 0 Å². The molecule has 1 unspecified atom stereocenters. The van der Waals surface area contributed by atoms with Gasteiger partial charge in [0.2, 0.25) is 0 Å². The van der Waals surface area contributed by atoms with Gasteiger partial charge in [-0.15, -0.1) is 0 Å². The Morgan fingerprint density at radius 3 is 2.81 bits per heavy atom. The SMILES string of the molecule is Cc1ccc(-c2[nH]ncc2CN2CCC(C(C)O)CC2)o1. The number of aliphatic hydroxyl groups is 1. The number of aromatic nitrogens is 2. The van der Waals surface area contributed by atoms with Gasteiger partial charge in [-0.25, -0.2) is 0 Å². The lowest BCUT2D eigenvalue weighted by Gasteiger charge is -2.33. The van der Waals surface area contributed by atoms with Crippen LogP contribution in [0.2, 0.25) is 0 Å². The Balaban J connectivity index is 1.66. The number of hydrogen-bond acceptors (Lipinski definition) is 4. The van der Waals surface area contributed by atoms with Crippen molar-refractivity contribution in [2.24, 2.45) is 5.92 Å². The van der Waals surface area contributed by atoms with Gasteiger partial charge in [-0.2, -0.15) is 5.10 Å². The van der Waals surface area contributed by atoms with E-state index < -0.39 is 0 Å². The number of H-pyrrole nitrogens is 1. The molecule has 0 amide bonds. The highest BCUT2D eigenvalue weighted by atomic mass is 16.3. The van der Waals surface area contributed by atoms with Crippen LogP contribution in [0.5, 0.6) is 0 Å². The van der Waals surface area contributed by atoms with Crippen LogP contribution in [-0.2, 0) is 6.54 Å². The number of nitrogens with zero attached hydrogens (tertiary/aromatic N) is 2. The fourth-order valence-corrected chi connectivity index (χ4v) is 3.05. The molecule has 5 nitrogen and oxygen atoms in total. The molecule has 1 aliphatic rings. The number of aromatic amines is 1. The van der Waals surface area contributed by atoms with Crippen LogP contribution in [0.15, 0.2) is 22.7 Å². The second-order valence-electron chi connectivity index (χ2n) is 6.03. The van der Waals surface area contributed by atoms with E-state index >= 15 is 0 Å². The number of hydrogen-bond donors (Lipinski definition) is 2.